The minimum absolute atomic E-state index is 0.502. The molecule has 0 fully saturated rings. The summed E-state index contributed by atoms with van der Waals surface area (Å²) >= 11 is 0. The zero-order valence-corrected chi connectivity index (χ0v) is 12.5. The Kier molecular flexibility index (Phi) is 4.31. The monoisotopic (exact) mass is 298 g/mol. The van der Waals surface area contributed by atoms with E-state index in [0.717, 1.165) is 11.1 Å². The number of rotatable bonds is 5. The quantitative estimate of drug-likeness (QED) is 0.889. The number of hydrogen-bond donors (Lipinski definition) is 2. The summed E-state index contributed by atoms with van der Waals surface area (Å²) in [5, 5.41) is 19.3. The van der Waals surface area contributed by atoms with Gasteiger partial charge < -0.3 is 10.2 Å². The Balaban J connectivity index is 2.84. The van der Waals surface area contributed by atoms with E-state index in [4.69, 9.17) is 0 Å². The van der Waals surface area contributed by atoms with E-state index >= 15 is 0 Å². The molecule has 2 aromatic rings. The third-order valence-electron chi connectivity index (χ3n) is 3.99. The van der Waals surface area contributed by atoms with Gasteiger partial charge in [0.25, 0.3) is 0 Å². The zero-order valence-electron chi connectivity index (χ0n) is 12.5. The van der Waals surface area contributed by atoms with E-state index in [2.05, 4.69) is 0 Å². The van der Waals surface area contributed by atoms with Crippen molar-refractivity contribution in [3.05, 3.63) is 70.8 Å². The third-order valence-corrected chi connectivity index (χ3v) is 3.99. The van der Waals surface area contributed by atoms with E-state index in [-0.39, 0.29) is 0 Å². The highest BCUT2D eigenvalue weighted by atomic mass is 16.4. The third kappa shape index (κ3) is 2.60. The van der Waals surface area contributed by atoms with Crippen LogP contribution in [0.2, 0.25) is 0 Å². The first-order valence-electron chi connectivity index (χ1n) is 6.97. The molecule has 4 nitrogen and oxygen atoms in total. The molecule has 2 rings (SSSR count). The van der Waals surface area contributed by atoms with Crippen molar-refractivity contribution >= 4 is 11.9 Å². The number of aryl methyl sites for hydroxylation is 2. The Morgan fingerprint density at radius 2 is 1.27 bits per heavy atom. The van der Waals surface area contributed by atoms with Crippen molar-refractivity contribution in [1.82, 2.24) is 0 Å². The predicted molar refractivity (Wildman–Crippen MR) is 83.0 cm³/mol. The van der Waals surface area contributed by atoms with Crippen LogP contribution in [0.15, 0.2) is 48.5 Å². The minimum atomic E-state index is -1.59. The lowest BCUT2D eigenvalue weighted by molar-refractivity contribution is -0.148. The Morgan fingerprint density at radius 3 is 1.59 bits per heavy atom. The van der Waals surface area contributed by atoms with Crippen LogP contribution in [0, 0.1) is 13.8 Å². The van der Waals surface area contributed by atoms with Crippen molar-refractivity contribution in [1.29, 1.82) is 0 Å². The number of hydrogen-bond acceptors (Lipinski definition) is 2. The first-order chi connectivity index (χ1) is 10.4. The van der Waals surface area contributed by atoms with Crippen LogP contribution in [-0.4, -0.2) is 22.2 Å². The van der Waals surface area contributed by atoms with Crippen molar-refractivity contribution in [3.8, 4) is 0 Å². The summed E-state index contributed by atoms with van der Waals surface area (Å²) in [6.07, 6.45) is -0.502. The summed E-state index contributed by atoms with van der Waals surface area (Å²) < 4.78 is 0. The molecule has 0 unspecified atom stereocenters. The molecule has 2 aromatic carbocycles. The summed E-state index contributed by atoms with van der Waals surface area (Å²) in [6, 6.07) is 14.1. The van der Waals surface area contributed by atoms with E-state index in [1.165, 1.54) is 0 Å². The molecule has 0 heterocycles. The molecule has 0 atom stereocenters. The van der Waals surface area contributed by atoms with E-state index in [1.54, 1.807) is 50.2 Å². The molecule has 4 heteroatoms. The van der Waals surface area contributed by atoms with Gasteiger partial charge >= 0.3 is 11.9 Å². The second-order valence-corrected chi connectivity index (χ2v) is 5.41. The average Bonchev–Trinajstić information content (AvgIpc) is 2.45. The summed E-state index contributed by atoms with van der Waals surface area (Å²) in [5.41, 5.74) is 0.949. The van der Waals surface area contributed by atoms with Gasteiger partial charge in [0.2, 0.25) is 0 Å². The van der Waals surface area contributed by atoms with Gasteiger partial charge in [-0.15, -0.1) is 0 Å². The fraction of sp³-hybridized carbons (Fsp3) is 0.222. The number of carboxylic acid groups (broad SMARTS) is 2. The first kappa shape index (κ1) is 15.8. The van der Waals surface area contributed by atoms with Gasteiger partial charge in [-0.3, -0.25) is 9.59 Å². The van der Waals surface area contributed by atoms with Gasteiger partial charge in [0.15, 0.2) is 0 Å². The molecule has 0 aliphatic heterocycles. The summed E-state index contributed by atoms with van der Waals surface area (Å²) in [6.45, 7) is 3.60. The largest absolute Gasteiger partial charge is 0.481 e. The number of aliphatic carboxylic acids is 2. The highest BCUT2D eigenvalue weighted by Crippen LogP contribution is 2.39. The van der Waals surface area contributed by atoms with E-state index in [1.807, 2.05) is 12.1 Å². The highest BCUT2D eigenvalue weighted by molar-refractivity contribution is 5.91. The lowest BCUT2D eigenvalue weighted by Gasteiger charge is -2.31. The maximum atomic E-state index is 12.2. The molecule has 0 aromatic heterocycles. The van der Waals surface area contributed by atoms with Crippen LogP contribution in [0.25, 0.3) is 0 Å². The Morgan fingerprint density at radius 1 is 0.864 bits per heavy atom. The molecular formula is C18H18O4. The molecule has 0 bridgehead atoms. The van der Waals surface area contributed by atoms with Crippen LogP contribution in [0.5, 0.6) is 0 Å². The first-order valence-corrected chi connectivity index (χ1v) is 6.97. The topological polar surface area (TPSA) is 74.6 Å². The van der Waals surface area contributed by atoms with Crippen LogP contribution < -0.4 is 0 Å². The van der Waals surface area contributed by atoms with Crippen molar-refractivity contribution < 1.29 is 19.8 Å². The number of carbonyl (C=O) groups is 2. The second-order valence-electron chi connectivity index (χ2n) is 5.41. The number of carboxylic acids is 2. The molecule has 2 N–H and O–H groups in total. The minimum Gasteiger partial charge on any atom is -0.481 e. The van der Waals surface area contributed by atoms with Crippen LogP contribution in [-0.2, 0) is 15.0 Å². The van der Waals surface area contributed by atoms with Crippen molar-refractivity contribution in [2.75, 3.05) is 0 Å². The molecule has 0 aliphatic rings. The Labute approximate surface area is 129 Å². The highest BCUT2D eigenvalue weighted by Gasteiger charge is 2.45. The smallest absolute Gasteiger partial charge is 0.319 e. The summed E-state index contributed by atoms with van der Waals surface area (Å²) in [5.74, 6) is -2.30. The Bertz CT molecular complexity index is 673. The molecule has 22 heavy (non-hydrogen) atoms. The van der Waals surface area contributed by atoms with Gasteiger partial charge in [-0.1, -0.05) is 48.5 Å². The van der Waals surface area contributed by atoms with Crippen molar-refractivity contribution in [3.63, 3.8) is 0 Å². The standard InChI is InChI=1S/C18H18O4/c1-12-7-3-5-9-14(12)18(17(21)22,11-16(19)20)15-10-6-4-8-13(15)2/h3-10H,11H2,1-2H3,(H,19,20)(H,21,22). The molecule has 114 valence electrons. The normalized spacial score (nSPS) is 11.2. The second kappa shape index (κ2) is 6.02. The van der Waals surface area contributed by atoms with Crippen molar-refractivity contribution in [2.24, 2.45) is 0 Å². The lowest BCUT2D eigenvalue weighted by Crippen LogP contribution is -2.40. The predicted octanol–water partition coefficient (Wildman–Crippen LogP) is 3.15. The van der Waals surface area contributed by atoms with Crippen LogP contribution in [0.3, 0.4) is 0 Å². The zero-order chi connectivity index (χ0) is 16.3. The van der Waals surface area contributed by atoms with Gasteiger partial charge in [0.1, 0.15) is 5.41 Å². The number of benzene rings is 2. The summed E-state index contributed by atoms with van der Waals surface area (Å²) in [7, 11) is 0. The van der Waals surface area contributed by atoms with Gasteiger partial charge in [0, 0.05) is 0 Å². The maximum absolute atomic E-state index is 12.2. The average molecular weight is 298 g/mol. The molecule has 0 aliphatic carbocycles. The lowest BCUT2D eigenvalue weighted by atomic mass is 9.69. The van der Waals surface area contributed by atoms with Gasteiger partial charge in [0.05, 0.1) is 6.42 Å². The molecular weight excluding hydrogens is 280 g/mol. The van der Waals surface area contributed by atoms with Gasteiger partial charge in [-0.25, -0.2) is 0 Å². The van der Waals surface area contributed by atoms with Crippen molar-refractivity contribution in [2.45, 2.75) is 25.7 Å². The van der Waals surface area contributed by atoms with E-state index in [0.29, 0.717) is 11.1 Å². The van der Waals surface area contributed by atoms with Crippen LogP contribution >= 0.6 is 0 Å². The molecule has 0 saturated carbocycles. The molecule has 0 amide bonds. The van der Waals surface area contributed by atoms with E-state index < -0.39 is 23.8 Å². The fourth-order valence-electron chi connectivity index (χ4n) is 2.97. The molecule has 0 radical (unpaired) electrons. The summed E-state index contributed by atoms with van der Waals surface area (Å²) in [4.78, 5) is 23.6. The Hall–Kier alpha value is -2.62. The van der Waals surface area contributed by atoms with Gasteiger partial charge in [-0.05, 0) is 36.1 Å². The van der Waals surface area contributed by atoms with Crippen LogP contribution in [0.1, 0.15) is 28.7 Å². The van der Waals surface area contributed by atoms with Gasteiger partial charge in [-0.2, -0.15) is 0 Å². The maximum Gasteiger partial charge on any atom is 0.319 e. The SMILES string of the molecule is Cc1ccccc1C(CC(=O)O)(C(=O)O)c1ccccc1C. The van der Waals surface area contributed by atoms with E-state index in [9.17, 15) is 19.8 Å². The molecule has 0 spiro atoms. The van der Waals surface area contributed by atoms with Crippen LogP contribution in [0.4, 0.5) is 0 Å². The molecule has 0 saturated heterocycles. The fourth-order valence-corrected chi connectivity index (χ4v) is 2.97.